The van der Waals surface area contributed by atoms with Gasteiger partial charge in [0.15, 0.2) is 18.1 Å². The van der Waals surface area contributed by atoms with E-state index >= 15 is 0 Å². The zero-order chi connectivity index (χ0) is 21.4. The van der Waals surface area contributed by atoms with Gasteiger partial charge in [0, 0.05) is 5.56 Å². The van der Waals surface area contributed by atoms with Gasteiger partial charge in [0.05, 0.1) is 40.0 Å². The zero-order valence-corrected chi connectivity index (χ0v) is 17.1. The van der Waals surface area contributed by atoms with Crippen molar-refractivity contribution in [2.45, 2.75) is 13.0 Å². The van der Waals surface area contributed by atoms with Crippen molar-refractivity contribution in [1.82, 2.24) is 5.32 Å². The topological polar surface area (TPSA) is 92.3 Å². The second kappa shape index (κ2) is 10.2. The molecule has 0 spiro atoms. The molecule has 1 atom stereocenters. The van der Waals surface area contributed by atoms with Crippen molar-refractivity contribution in [3.05, 3.63) is 47.5 Å². The highest BCUT2D eigenvalue weighted by Gasteiger charge is 2.17. The van der Waals surface area contributed by atoms with E-state index in [9.17, 15) is 9.59 Å². The van der Waals surface area contributed by atoms with E-state index in [0.717, 1.165) is 5.56 Å². The fourth-order valence-electron chi connectivity index (χ4n) is 2.72. The lowest BCUT2D eigenvalue weighted by Crippen LogP contribution is -2.31. The van der Waals surface area contributed by atoms with Crippen molar-refractivity contribution in [1.29, 1.82) is 0 Å². The number of hydrogen-bond acceptors (Lipinski definition) is 7. The molecule has 0 radical (unpaired) electrons. The minimum absolute atomic E-state index is 0.248. The predicted octanol–water partition coefficient (Wildman–Crippen LogP) is 2.76. The van der Waals surface area contributed by atoms with E-state index in [1.165, 1.54) is 26.4 Å². The molecule has 0 aliphatic heterocycles. The number of esters is 1. The molecule has 1 N–H and O–H groups in total. The van der Waals surface area contributed by atoms with Gasteiger partial charge in [0.1, 0.15) is 11.5 Å². The summed E-state index contributed by atoms with van der Waals surface area (Å²) in [5.74, 6) is 1.04. The van der Waals surface area contributed by atoms with Crippen LogP contribution in [0.5, 0.6) is 23.0 Å². The van der Waals surface area contributed by atoms with Gasteiger partial charge >= 0.3 is 5.97 Å². The van der Waals surface area contributed by atoms with Crippen LogP contribution in [-0.4, -0.2) is 46.9 Å². The van der Waals surface area contributed by atoms with Gasteiger partial charge in [0.25, 0.3) is 5.91 Å². The summed E-state index contributed by atoms with van der Waals surface area (Å²) in [5.41, 5.74) is 0.990. The molecule has 156 valence electrons. The normalized spacial score (nSPS) is 11.2. The van der Waals surface area contributed by atoms with Crippen LogP contribution in [0.1, 0.15) is 28.9 Å². The standard InChI is InChI=1S/C21H25NO7/c1-13(16-11-15(25-2)7-9-17(16)26-3)22-20(23)12-29-21(24)14-6-8-18(27-4)19(10-14)28-5/h6-11,13H,12H2,1-5H3,(H,22,23). The van der Waals surface area contributed by atoms with Crippen LogP contribution in [0.3, 0.4) is 0 Å². The van der Waals surface area contributed by atoms with Crippen LogP contribution in [0.25, 0.3) is 0 Å². The molecule has 1 unspecified atom stereocenters. The Labute approximate surface area is 169 Å². The lowest BCUT2D eigenvalue weighted by molar-refractivity contribution is -0.124. The Hall–Kier alpha value is -3.42. The van der Waals surface area contributed by atoms with Gasteiger partial charge in [-0.25, -0.2) is 4.79 Å². The molecular weight excluding hydrogens is 378 g/mol. The molecule has 8 heteroatoms. The van der Waals surface area contributed by atoms with Crippen molar-refractivity contribution in [3.8, 4) is 23.0 Å². The van der Waals surface area contributed by atoms with Crippen LogP contribution in [0.4, 0.5) is 0 Å². The average Bonchev–Trinajstić information content (AvgIpc) is 2.76. The Bertz CT molecular complexity index is 866. The second-order valence-corrected chi connectivity index (χ2v) is 6.04. The number of amides is 1. The highest BCUT2D eigenvalue weighted by molar-refractivity contribution is 5.92. The lowest BCUT2D eigenvalue weighted by atomic mass is 10.1. The monoisotopic (exact) mass is 403 g/mol. The average molecular weight is 403 g/mol. The van der Waals surface area contributed by atoms with Crippen molar-refractivity contribution in [2.24, 2.45) is 0 Å². The van der Waals surface area contributed by atoms with E-state index in [1.54, 1.807) is 45.4 Å². The van der Waals surface area contributed by atoms with Gasteiger partial charge in [-0.15, -0.1) is 0 Å². The van der Waals surface area contributed by atoms with Crippen LogP contribution in [0, 0.1) is 0 Å². The first-order valence-corrected chi connectivity index (χ1v) is 8.83. The van der Waals surface area contributed by atoms with E-state index in [2.05, 4.69) is 5.32 Å². The fourth-order valence-corrected chi connectivity index (χ4v) is 2.72. The number of carbonyl (C=O) groups excluding carboxylic acids is 2. The van der Waals surface area contributed by atoms with E-state index < -0.39 is 18.5 Å². The maximum absolute atomic E-state index is 12.2. The van der Waals surface area contributed by atoms with E-state index in [1.807, 2.05) is 0 Å². The molecule has 0 bridgehead atoms. The summed E-state index contributed by atoms with van der Waals surface area (Å²) in [5, 5.41) is 2.77. The highest BCUT2D eigenvalue weighted by atomic mass is 16.5. The summed E-state index contributed by atoms with van der Waals surface area (Å²) in [6.45, 7) is 1.37. The number of hydrogen-bond donors (Lipinski definition) is 1. The molecule has 0 aliphatic carbocycles. The summed E-state index contributed by atoms with van der Waals surface area (Å²) < 4.78 is 25.9. The molecule has 0 aromatic heterocycles. The SMILES string of the molecule is COc1ccc(OC)c(C(C)NC(=O)COC(=O)c2ccc(OC)c(OC)c2)c1. The molecule has 29 heavy (non-hydrogen) atoms. The van der Waals surface area contributed by atoms with Crippen LogP contribution >= 0.6 is 0 Å². The molecule has 8 nitrogen and oxygen atoms in total. The third-order valence-corrected chi connectivity index (χ3v) is 4.23. The highest BCUT2D eigenvalue weighted by Crippen LogP contribution is 2.29. The van der Waals surface area contributed by atoms with Gasteiger partial charge in [-0.1, -0.05) is 0 Å². The zero-order valence-electron chi connectivity index (χ0n) is 17.1. The predicted molar refractivity (Wildman–Crippen MR) is 106 cm³/mol. The first-order valence-electron chi connectivity index (χ1n) is 8.83. The summed E-state index contributed by atoms with van der Waals surface area (Å²) in [6, 6.07) is 9.53. The van der Waals surface area contributed by atoms with E-state index in [0.29, 0.717) is 23.0 Å². The van der Waals surface area contributed by atoms with E-state index in [4.69, 9.17) is 23.7 Å². The number of benzene rings is 2. The minimum atomic E-state index is -0.646. The number of rotatable bonds is 9. The van der Waals surface area contributed by atoms with Crippen molar-refractivity contribution in [2.75, 3.05) is 35.0 Å². The molecule has 2 aromatic rings. The summed E-state index contributed by atoms with van der Waals surface area (Å²) in [6.07, 6.45) is 0. The van der Waals surface area contributed by atoms with Crippen LogP contribution in [0.15, 0.2) is 36.4 Å². The third kappa shape index (κ3) is 5.54. The molecule has 0 saturated carbocycles. The Morgan fingerprint density at radius 3 is 2.14 bits per heavy atom. The van der Waals surface area contributed by atoms with Crippen molar-refractivity contribution < 1.29 is 33.3 Å². The largest absolute Gasteiger partial charge is 0.497 e. The molecule has 2 aromatic carbocycles. The van der Waals surface area contributed by atoms with Gasteiger partial charge in [-0.3, -0.25) is 4.79 Å². The lowest BCUT2D eigenvalue weighted by Gasteiger charge is -2.18. The van der Waals surface area contributed by atoms with Crippen LogP contribution < -0.4 is 24.3 Å². The minimum Gasteiger partial charge on any atom is -0.497 e. The summed E-state index contributed by atoms with van der Waals surface area (Å²) in [4.78, 5) is 24.5. The number of methoxy groups -OCH3 is 4. The Morgan fingerprint density at radius 1 is 0.862 bits per heavy atom. The van der Waals surface area contributed by atoms with Gasteiger partial charge < -0.3 is 29.0 Å². The molecule has 0 saturated heterocycles. The number of ether oxygens (including phenoxy) is 5. The molecule has 0 aliphatic rings. The third-order valence-electron chi connectivity index (χ3n) is 4.23. The maximum Gasteiger partial charge on any atom is 0.338 e. The quantitative estimate of drug-likeness (QED) is 0.644. The number of nitrogens with one attached hydrogen (secondary N) is 1. The maximum atomic E-state index is 12.2. The summed E-state index contributed by atoms with van der Waals surface area (Å²) >= 11 is 0. The Kier molecular flexibility index (Phi) is 7.70. The first kappa shape index (κ1) is 21.9. The molecule has 0 fully saturated rings. The first-order chi connectivity index (χ1) is 13.9. The Balaban J connectivity index is 1.98. The number of carbonyl (C=O) groups is 2. The molecule has 0 heterocycles. The van der Waals surface area contributed by atoms with Gasteiger partial charge in [-0.05, 0) is 43.3 Å². The second-order valence-electron chi connectivity index (χ2n) is 6.04. The summed E-state index contributed by atoms with van der Waals surface area (Å²) in [7, 11) is 6.07. The molecular formula is C21H25NO7. The van der Waals surface area contributed by atoms with Gasteiger partial charge in [-0.2, -0.15) is 0 Å². The fraction of sp³-hybridized carbons (Fsp3) is 0.333. The molecule has 2 rings (SSSR count). The van der Waals surface area contributed by atoms with Gasteiger partial charge in [0.2, 0.25) is 0 Å². The molecule has 1 amide bonds. The van der Waals surface area contributed by atoms with Crippen molar-refractivity contribution >= 4 is 11.9 Å². The Morgan fingerprint density at radius 2 is 1.52 bits per heavy atom. The smallest absolute Gasteiger partial charge is 0.338 e. The van der Waals surface area contributed by atoms with Crippen LogP contribution in [-0.2, 0) is 9.53 Å². The van der Waals surface area contributed by atoms with Crippen molar-refractivity contribution in [3.63, 3.8) is 0 Å². The van der Waals surface area contributed by atoms with Crippen LogP contribution in [0.2, 0.25) is 0 Å². The van der Waals surface area contributed by atoms with E-state index in [-0.39, 0.29) is 11.6 Å².